The lowest BCUT2D eigenvalue weighted by Crippen LogP contribution is -2.45. The second-order valence-corrected chi connectivity index (χ2v) is 8.06. The number of carbonyl (C=O) groups is 1. The van der Waals surface area contributed by atoms with E-state index in [2.05, 4.69) is 4.98 Å². The molecule has 1 aliphatic rings. The van der Waals surface area contributed by atoms with Crippen LogP contribution in [0.1, 0.15) is 36.2 Å². The van der Waals surface area contributed by atoms with Gasteiger partial charge in [-0.05, 0) is 62.4 Å². The standard InChI is InChI=1S/C23H29ClN2O4/c1-18-4-2-5-21(25-18)6-3-15-29-16-17-30-22(27)26-13-11-23(28,12-14-26)19-7-9-20(24)10-8-19/h2,4-5,7-10,28H,3,6,11-17H2,1H3. The molecule has 0 radical (unpaired) electrons. The lowest BCUT2D eigenvalue weighted by molar-refractivity contribution is -0.0270. The van der Waals surface area contributed by atoms with E-state index in [0.717, 1.165) is 29.8 Å². The largest absolute Gasteiger partial charge is 0.447 e. The van der Waals surface area contributed by atoms with Crippen molar-refractivity contribution < 1.29 is 19.4 Å². The Labute approximate surface area is 182 Å². The lowest BCUT2D eigenvalue weighted by atomic mass is 9.84. The van der Waals surface area contributed by atoms with Crippen LogP contribution in [0.4, 0.5) is 4.79 Å². The van der Waals surface area contributed by atoms with Crippen molar-refractivity contribution in [1.82, 2.24) is 9.88 Å². The molecule has 0 saturated carbocycles. The molecule has 1 aliphatic heterocycles. The van der Waals surface area contributed by atoms with Crippen LogP contribution >= 0.6 is 11.6 Å². The van der Waals surface area contributed by atoms with Gasteiger partial charge < -0.3 is 19.5 Å². The van der Waals surface area contributed by atoms with Crippen LogP contribution in [-0.4, -0.2) is 54.0 Å². The molecule has 162 valence electrons. The number of piperidine rings is 1. The number of aliphatic hydroxyl groups is 1. The van der Waals surface area contributed by atoms with Crippen LogP contribution in [0.15, 0.2) is 42.5 Å². The molecule has 1 aromatic carbocycles. The Kier molecular flexibility index (Phi) is 8.08. The van der Waals surface area contributed by atoms with E-state index < -0.39 is 5.60 Å². The molecule has 0 bridgehead atoms. The van der Waals surface area contributed by atoms with Gasteiger partial charge in [-0.25, -0.2) is 4.79 Å². The summed E-state index contributed by atoms with van der Waals surface area (Å²) in [4.78, 5) is 18.3. The summed E-state index contributed by atoms with van der Waals surface area (Å²) < 4.78 is 10.9. The summed E-state index contributed by atoms with van der Waals surface area (Å²) in [5, 5.41) is 11.5. The number of aromatic nitrogens is 1. The second-order valence-electron chi connectivity index (χ2n) is 7.63. The fourth-order valence-electron chi connectivity index (χ4n) is 3.58. The van der Waals surface area contributed by atoms with Crippen LogP contribution in [0.25, 0.3) is 0 Å². The van der Waals surface area contributed by atoms with Gasteiger partial charge in [-0.3, -0.25) is 4.98 Å². The van der Waals surface area contributed by atoms with Gasteiger partial charge in [-0.15, -0.1) is 0 Å². The summed E-state index contributed by atoms with van der Waals surface area (Å²) in [5.41, 5.74) is 1.98. The van der Waals surface area contributed by atoms with E-state index in [1.54, 1.807) is 17.0 Å². The van der Waals surface area contributed by atoms with Gasteiger partial charge in [0.05, 0.1) is 12.2 Å². The van der Waals surface area contributed by atoms with Crippen LogP contribution in [0, 0.1) is 6.92 Å². The van der Waals surface area contributed by atoms with Gasteiger partial charge in [0.1, 0.15) is 6.61 Å². The molecule has 0 unspecified atom stereocenters. The smallest absolute Gasteiger partial charge is 0.409 e. The van der Waals surface area contributed by atoms with Crippen molar-refractivity contribution in [3.8, 4) is 0 Å². The van der Waals surface area contributed by atoms with E-state index >= 15 is 0 Å². The highest BCUT2D eigenvalue weighted by Crippen LogP contribution is 2.33. The van der Waals surface area contributed by atoms with Crippen molar-refractivity contribution in [2.45, 2.75) is 38.2 Å². The van der Waals surface area contributed by atoms with Crippen molar-refractivity contribution in [2.24, 2.45) is 0 Å². The molecule has 1 aromatic heterocycles. The number of ether oxygens (including phenoxy) is 2. The van der Waals surface area contributed by atoms with Crippen LogP contribution in [-0.2, 0) is 21.5 Å². The summed E-state index contributed by atoms with van der Waals surface area (Å²) >= 11 is 5.92. The molecule has 1 fully saturated rings. The van der Waals surface area contributed by atoms with E-state index in [0.29, 0.717) is 44.2 Å². The lowest BCUT2D eigenvalue weighted by Gasteiger charge is -2.38. The molecule has 1 saturated heterocycles. The number of likely N-dealkylation sites (tertiary alicyclic amines) is 1. The minimum Gasteiger partial charge on any atom is -0.447 e. The Morgan fingerprint density at radius 1 is 1.13 bits per heavy atom. The number of hydrogen-bond acceptors (Lipinski definition) is 5. The molecule has 2 heterocycles. The van der Waals surface area contributed by atoms with E-state index in [-0.39, 0.29) is 12.7 Å². The first-order chi connectivity index (χ1) is 14.5. The van der Waals surface area contributed by atoms with Gasteiger partial charge in [0.2, 0.25) is 0 Å². The minimum absolute atomic E-state index is 0.222. The highest BCUT2D eigenvalue weighted by atomic mass is 35.5. The first kappa shape index (κ1) is 22.5. The monoisotopic (exact) mass is 432 g/mol. The fourth-order valence-corrected chi connectivity index (χ4v) is 3.71. The zero-order chi connectivity index (χ0) is 21.4. The van der Waals surface area contributed by atoms with Crippen molar-refractivity contribution in [1.29, 1.82) is 0 Å². The van der Waals surface area contributed by atoms with Gasteiger partial charge in [-0.2, -0.15) is 0 Å². The number of benzene rings is 1. The molecular formula is C23H29ClN2O4. The maximum atomic E-state index is 12.2. The zero-order valence-electron chi connectivity index (χ0n) is 17.3. The maximum absolute atomic E-state index is 12.2. The van der Waals surface area contributed by atoms with Gasteiger partial charge in [-0.1, -0.05) is 29.8 Å². The van der Waals surface area contributed by atoms with Crippen LogP contribution in [0.5, 0.6) is 0 Å². The summed E-state index contributed by atoms with van der Waals surface area (Å²) in [6.45, 7) is 4.07. The molecule has 7 heteroatoms. The number of aryl methyl sites for hydroxylation is 2. The molecule has 1 amide bonds. The van der Waals surface area contributed by atoms with Gasteiger partial charge in [0, 0.05) is 36.1 Å². The Bertz CT molecular complexity index is 820. The highest BCUT2D eigenvalue weighted by molar-refractivity contribution is 6.30. The fraction of sp³-hybridized carbons (Fsp3) is 0.478. The number of rotatable bonds is 8. The van der Waals surface area contributed by atoms with Gasteiger partial charge >= 0.3 is 6.09 Å². The average molecular weight is 433 g/mol. The summed E-state index contributed by atoms with van der Waals surface area (Å²) in [6, 6.07) is 13.2. The molecule has 0 spiro atoms. The average Bonchev–Trinajstić information content (AvgIpc) is 2.74. The molecule has 0 aliphatic carbocycles. The Morgan fingerprint density at radius 2 is 1.87 bits per heavy atom. The van der Waals surface area contributed by atoms with E-state index in [4.69, 9.17) is 21.1 Å². The minimum atomic E-state index is -0.934. The maximum Gasteiger partial charge on any atom is 0.409 e. The summed E-state index contributed by atoms with van der Waals surface area (Å²) in [6.07, 6.45) is 2.31. The number of pyridine rings is 1. The molecule has 6 nitrogen and oxygen atoms in total. The molecule has 3 rings (SSSR count). The zero-order valence-corrected chi connectivity index (χ0v) is 18.1. The van der Waals surface area contributed by atoms with E-state index in [1.807, 2.05) is 37.3 Å². The van der Waals surface area contributed by atoms with Crippen LogP contribution < -0.4 is 0 Å². The van der Waals surface area contributed by atoms with Crippen molar-refractivity contribution >= 4 is 17.7 Å². The Hall–Kier alpha value is -2.15. The molecule has 0 atom stereocenters. The molecule has 1 N–H and O–H groups in total. The Balaban J connectivity index is 1.29. The predicted octanol–water partition coefficient (Wildman–Crippen LogP) is 4.11. The first-order valence-corrected chi connectivity index (χ1v) is 10.7. The quantitative estimate of drug-likeness (QED) is 0.635. The second kappa shape index (κ2) is 10.8. The number of amides is 1. The van der Waals surface area contributed by atoms with E-state index in [9.17, 15) is 9.90 Å². The third-order valence-electron chi connectivity index (χ3n) is 5.35. The summed E-state index contributed by atoms with van der Waals surface area (Å²) in [7, 11) is 0. The molecule has 2 aromatic rings. The predicted molar refractivity (Wildman–Crippen MR) is 116 cm³/mol. The van der Waals surface area contributed by atoms with Crippen molar-refractivity contribution in [3.05, 3.63) is 64.4 Å². The topological polar surface area (TPSA) is 71.9 Å². The van der Waals surface area contributed by atoms with Crippen LogP contribution in [0.2, 0.25) is 5.02 Å². The number of carbonyl (C=O) groups excluding carboxylic acids is 1. The molecular weight excluding hydrogens is 404 g/mol. The van der Waals surface area contributed by atoms with E-state index in [1.165, 1.54) is 0 Å². The highest BCUT2D eigenvalue weighted by Gasteiger charge is 2.35. The SMILES string of the molecule is Cc1cccc(CCCOCCOC(=O)N2CCC(O)(c3ccc(Cl)cc3)CC2)n1. The van der Waals surface area contributed by atoms with Crippen LogP contribution in [0.3, 0.4) is 0 Å². The van der Waals surface area contributed by atoms with Gasteiger partial charge in [0.25, 0.3) is 0 Å². The normalized spacial score (nSPS) is 15.8. The number of hydrogen-bond donors (Lipinski definition) is 1. The Morgan fingerprint density at radius 3 is 2.57 bits per heavy atom. The third-order valence-corrected chi connectivity index (χ3v) is 5.60. The molecule has 30 heavy (non-hydrogen) atoms. The summed E-state index contributed by atoms with van der Waals surface area (Å²) in [5.74, 6) is 0. The van der Waals surface area contributed by atoms with Crippen molar-refractivity contribution in [3.63, 3.8) is 0 Å². The third kappa shape index (κ3) is 6.42. The van der Waals surface area contributed by atoms with Gasteiger partial charge in [0.15, 0.2) is 0 Å². The van der Waals surface area contributed by atoms with Crippen molar-refractivity contribution in [2.75, 3.05) is 32.9 Å². The number of halogens is 1. The number of nitrogens with zero attached hydrogens (tertiary/aromatic N) is 2. The first-order valence-electron chi connectivity index (χ1n) is 10.4.